The number of rotatable bonds is 13. The van der Waals surface area contributed by atoms with Crippen molar-refractivity contribution >= 4 is 5.97 Å². The number of hydrogen-bond acceptors (Lipinski definition) is 2. The maximum Gasteiger partial charge on any atom is 0.306 e. The van der Waals surface area contributed by atoms with Gasteiger partial charge in [-0.2, -0.15) is 0 Å². The summed E-state index contributed by atoms with van der Waals surface area (Å²) in [5.74, 6) is 5.05. The minimum Gasteiger partial charge on any atom is -0.462 e. The number of unbranched alkanes of at least 4 members (excludes halogenated alkanes) is 6. The molecule has 33 heavy (non-hydrogen) atoms. The zero-order chi connectivity index (χ0) is 23.3. The van der Waals surface area contributed by atoms with E-state index in [1.807, 2.05) is 0 Å². The highest BCUT2D eigenvalue weighted by Gasteiger charge is 2.35. The first-order chi connectivity index (χ1) is 16.2. The van der Waals surface area contributed by atoms with Crippen LogP contribution in [0.15, 0.2) is 0 Å². The van der Waals surface area contributed by atoms with Crippen LogP contribution in [-0.4, -0.2) is 12.1 Å². The lowest BCUT2D eigenvalue weighted by Gasteiger charge is -2.41. The number of ether oxygens (including phenoxy) is 1. The van der Waals surface area contributed by atoms with Crippen LogP contribution < -0.4 is 0 Å². The molecular formula is C31H56O2. The fourth-order valence-electron chi connectivity index (χ4n) is 7.51. The summed E-state index contributed by atoms with van der Waals surface area (Å²) in [6, 6.07) is 0. The van der Waals surface area contributed by atoms with Crippen molar-refractivity contribution in [3.05, 3.63) is 0 Å². The molecule has 0 aliphatic heterocycles. The van der Waals surface area contributed by atoms with E-state index >= 15 is 0 Å². The van der Waals surface area contributed by atoms with E-state index in [0.717, 1.165) is 55.3 Å². The molecule has 0 aromatic rings. The number of carbonyl (C=O) groups is 1. The second-order valence-corrected chi connectivity index (χ2v) is 12.1. The standard InChI is InChI=1S/C31H56O2/c1-3-5-7-8-10-11-25-13-15-26(16-14-25)27-17-19-28(20-18-27)29-21-23-30(24-22-29)33-31(32)12-9-6-4-2/h25-30H,3-24H2,1-2H3. The fourth-order valence-corrected chi connectivity index (χ4v) is 7.51. The average molecular weight is 461 g/mol. The Hall–Kier alpha value is -0.530. The van der Waals surface area contributed by atoms with Gasteiger partial charge < -0.3 is 4.74 Å². The minimum atomic E-state index is 0.0543. The molecule has 0 radical (unpaired) electrons. The van der Waals surface area contributed by atoms with Crippen molar-refractivity contribution in [1.82, 2.24) is 0 Å². The normalized spacial score (nSPS) is 33.0. The lowest BCUT2D eigenvalue weighted by atomic mass is 9.65. The van der Waals surface area contributed by atoms with Crippen LogP contribution in [-0.2, 0) is 9.53 Å². The third-order valence-electron chi connectivity index (χ3n) is 9.76. The quantitative estimate of drug-likeness (QED) is 0.202. The molecule has 0 atom stereocenters. The maximum atomic E-state index is 12.0. The highest BCUT2D eigenvalue weighted by Crippen LogP contribution is 2.46. The monoisotopic (exact) mass is 460 g/mol. The summed E-state index contributed by atoms with van der Waals surface area (Å²) in [4.78, 5) is 12.0. The second kappa shape index (κ2) is 15.5. The van der Waals surface area contributed by atoms with Crippen LogP contribution >= 0.6 is 0 Å². The van der Waals surface area contributed by atoms with Crippen molar-refractivity contribution in [3.8, 4) is 0 Å². The Bertz CT molecular complexity index is 505. The van der Waals surface area contributed by atoms with Crippen LogP contribution in [0.1, 0.15) is 155 Å². The summed E-state index contributed by atoms with van der Waals surface area (Å²) in [5, 5.41) is 0. The molecule has 0 aromatic heterocycles. The van der Waals surface area contributed by atoms with Crippen molar-refractivity contribution in [2.24, 2.45) is 29.6 Å². The van der Waals surface area contributed by atoms with Crippen LogP contribution in [0.2, 0.25) is 0 Å². The van der Waals surface area contributed by atoms with Gasteiger partial charge in [0.2, 0.25) is 0 Å². The van der Waals surface area contributed by atoms with Crippen molar-refractivity contribution < 1.29 is 9.53 Å². The zero-order valence-corrected chi connectivity index (χ0v) is 22.3. The molecule has 0 saturated heterocycles. The van der Waals surface area contributed by atoms with Crippen LogP contribution in [0, 0.1) is 29.6 Å². The molecule has 3 aliphatic carbocycles. The molecule has 0 unspecified atom stereocenters. The molecule has 2 nitrogen and oxygen atoms in total. The zero-order valence-electron chi connectivity index (χ0n) is 22.3. The molecule has 3 saturated carbocycles. The Balaban J connectivity index is 1.25. The highest BCUT2D eigenvalue weighted by molar-refractivity contribution is 5.69. The highest BCUT2D eigenvalue weighted by atomic mass is 16.5. The van der Waals surface area contributed by atoms with E-state index in [2.05, 4.69) is 13.8 Å². The molecule has 0 N–H and O–H groups in total. The van der Waals surface area contributed by atoms with Gasteiger partial charge in [-0.3, -0.25) is 4.79 Å². The molecule has 192 valence electrons. The van der Waals surface area contributed by atoms with Crippen LogP contribution in [0.25, 0.3) is 0 Å². The van der Waals surface area contributed by atoms with Crippen molar-refractivity contribution in [3.63, 3.8) is 0 Å². The Morgan fingerprint density at radius 2 is 1.03 bits per heavy atom. The van der Waals surface area contributed by atoms with E-state index in [0.29, 0.717) is 6.42 Å². The van der Waals surface area contributed by atoms with Gasteiger partial charge in [-0.1, -0.05) is 78.1 Å². The van der Waals surface area contributed by atoms with Gasteiger partial charge in [-0.05, 0) is 100 Å². The van der Waals surface area contributed by atoms with Crippen molar-refractivity contribution in [2.75, 3.05) is 0 Å². The summed E-state index contributed by atoms with van der Waals surface area (Å²) in [7, 11) is 0. The van der Waals surface area contributed by atoms with Crippen LogP contribution in [0.5, 0.6) is 0 Å². The number of carbonyl (C=O) groups excluding carboxylic acids is 1. The average Bonchev–Trinajstić information content (AvgIpc) is 2.85. The van der Waals surface area contributed by atoms with E-state index in [-0.39, 0.29) is 12.1 Å². The van der Waals surface area contributed by atoms with E-state index in [9.17, 15) is 4.79 Å². The van der Waals surface area contributed by atoms with Gasteiger partial charge in [-0.25, -0.2) is 0 Å². The first-order valence-corrected chi connectivity index (χ1v) is 15.4. The molecule has 0 spiro atoms. The van der Waals surface area contributed by atoms with Gasteiger partial charge in [0, 0.05) is 6.42 Å². The van der Waals surface area contributed by atoms with Crippen molar-refractivity contribution in [1.29, 1.82) is 0 Å². The van der Waals surface area contributed by atoms with E-state index in [1.165, 1.54) is 109 Å². The smallest absolute Gasteiger partial charge is 0.306 e. The lowest BCUT2D eigenvalue weighted by Crippen LogP contribution is -2.31. The molecule has 3 aliphatic rings. The van der Waals surface area contributed by atoms with Crippen LogP contribution in [0.3, 0.4) is 0 Å². The van der Waals surface area contributed by atoms with E-state index in [4.69, 9.17) is 4.74 Å². The second-order valence-electron chi connectivity index (χ2n) is 12.1. The molecule has 0 bridgehead atoms. The Morgan fingerprint density at radius 3 is 1.58 bits per heavy atom. The van der Waals surface area contributed by atoms with Gasteiger partial charge in [0.05, 0.1) is 0 Å². The third-order valence-corrected chi connectivity index (χ3v) is 9.76. The molecule has 3 rings (SSSR count). The summed E-state index contributed by atoms with van der Waals surface area (Å²) < 4.78 is 5.78. The van der Waals surface area contributed by atoms with E-state index < -0.39 is 0 Å². The predicted molar refractivity (Wildman–Crippen MR) is 140 cm³/mol. The van der Waals surface area contributed by atoms with Gasteiger partial charge in [-0.15, -0.1) is 0 Å². The Kier molecular flexibility index (Phi) is 12.7. The maximum absolute atomic E-state index is 12.0. The SMILES string of the molecule is CCCCCCCC1CCC(C2CCC(C3CCC(OC(=O)CCCCC)CC3)CC2)CC1. The Labute approximate surface area is 206 Å². The molecule has 0 aromatic carbocycles. The fraction of sp³-hybridized carbons (Fsp3) is 0.968. The van der Waals surface area contributed by atoms with Gasteiger partial charge in [0.25, 0.3) is 0 Å². The molecule has 3 fully saturated rings. The summed E-state index contributed by atoms with van der Waals surface area (Å²) >= 11 is 0. The number of esters is 1. The molecule has 0 heterocycles. The lowest BCUT2D eigenvalue weighted by molar-refractivity contribution is -0.151. The number of hydrogen-bond donors (Lipinski definition) is 0. The Morgan fingerprint density at radius 1 is 0.576 bits per heavy atom. The van der Waals surface area contributed by atoms with Gasteiger partial charge in [0.15, 0.2) is 0 Å². The van der Waals surface area contributed by atoms with E-state index in [1.54, 1.807) is 0 Å². The first-order valence-electron chi connectivity index (χ1n) is 15.4. The first kappa shape index (κ1) is 27.1. The topological polar surface area (TPSA) is 26.3 Å². The predicted octanol–water partition coefficient (Wildman–Crippen LogP) is 9.64. The van der Waals surface area contributed by atoms with Gasteiger partial charge in [0.1, 0.15) is 6.10 Å². The van der Waals surface area contributed by atoms with Gasteiger partial charge >= 0.3 is 5.97 Å². The summed E-state index contributed by atoms with van der Waals surface area (Å²) in [6.07, 6.45) is 29.8. The molecular weight excluding hydrogens is 404 g/mol. The molecule has 0 amide bonds. The third kappa shape index (κ3) is 9.56. The van der Waals surface area contributed by atoms with Crippen molar-refractivity contribution in [2.45, 2.75) is 161 Å². The van der Waals surface area contributed by atoms with Crippen LogP contribution in [0.4, 0.5) is 0 Å². The largest absolute Gasteiger partial charge is 0.462 e. The summed E-state index contributed by atoms with van der Waals surface area (Å²) in [6.45, 7) is 4.50. The molecule has 2 heteroatoms. The minimum absolute atomic E-state index is 0.0543. The summed E-state index contributed by atoms with van der Waals surface area (Å²) in [5.41, 5.74) is 0.